The number of nitrogens with one attached hydrogen (secondary N) is 1. The largest absolute Gasteiger partial charge is 0.392 e. The van der Waals surface area contributed by atoms with Crippen LogP contribution < -0.4 is 11.1 Å². The lowest BCUT2D eigenvalue weighted by molar-refractivity contribution is 0.186. The Hall–Kier alpha value is -1.04. The quantitative estimate of drug-likeness (QED) is 0.813. The molecule has 0 spiro atoms. The van der Waals surface area contributed by atoms with E-state index in [-0.39, 0.29) is 12.1 Å². The first kappa shape index (κ1) is 15.4. The molecule has 2 amide bonds. The van der Waals surface area contributed by atoms with Crippen molar-refractivity contribution < 1.29 is 4.79 Å². The van der Waals surface area contributed by atoms with Gasteiger partial charge in [0.25, 0.3) is 0 Å². The molecular weight excluding hydrogens is 317 g/mol. The van der Waals surface area contributed by atoms with Crippen LogP contribution in [-0.2, 0) is 0 Å². The second-order valence-electron chi connectivity index (χ2n) is 4.66. The van der Waals surface area contributed by atoms with Crippen molar-refractivity contribution in [2.24, 2.45) is 5.73 Å². The van der Waals surface area contributed by atoms with Crippen LogP contribution in [0.15, 0.2) is 18.2 Å². The lowest BCUT2D eigenvalue weighted by Crippen LogP contribution is -2.51. The number of carbonyl (C=O) groups excluding carboxylic acids is 1. The second-order valence-corrected chi connectivity index (χ2v) is 5.98. The van der Waals surface area contributed by atoms with Crippen molar-refractivity contribution >= 4 is 52.1 Å². The van der Waals surface area contributed by atoms with E-state index in [2.05, 4.69) is 5.32 Å². The fourth-order valence-electron chi connectivity index (χ4n) is 2.25. The molecular formula is C13H15Cl2N3OS. The molecule has 0 aliphatic carbocycles. The van der Waals surface area contributed by atoms with E-state index >= 15 is 0 Å². The number of hydrogen-bond donors (Lipinski definition) is 2. The molecule has 1 fully saturated rings. The van der Waals surface area contributed by atoms with Crippen LogP contribution in [-0.4, -0.2) is 28.5 Å². The number of thiocarbonyl (C=S) groups is 1. The van der Waals surface area contributed by atoms with Crippen LogP contribution in [0.3, 0.4) is 0 Å². The summed E-state index contributed by atoms with van der Waals surface area (Å²) in [4.78, 5) is 14.3. The van der Waals surface area contributed by atoms with Gasteiger partial charge in [-0.25, -0.2) is 4.79 Å². The van der Waals surface area contributed by atoms with E-state index in [0.717, 1.165) is 19.3 Å². The van der Waals surface area contributed by atoms with E-state index in [9.17, 15) is 4.79 Å². The van der Waals surface area contributed by atoms with Crippen molar-refractivity contribution in [1.82, 2.24) is 4.90 Å². The molecule has 2 rings (SSSR count). The summed E-state index contributed by atoms with van der Waals surface area (Å²) in [6, 6.07) is 4.46. The molecule has 1 aromatic carbocycles. The number of anilines is 1. The van der Waals surface area contributed by atoms with Crippen LogP contribution in [0, 0.1) is 0 Å². The van der Waals surface area contributed by atoms with Gasteiger partial charge in [-0.3, -0.25) is 0 Å². The molecule has 3 N–H and O–H groups in total. The molecule has 1 atom stereocenters. The molecule has 20 heavy (non-hydrogen) atoms. The van der Waals surface area contributed by atoms with Gasteiger partial charge in [0, 0.05) is 11.6 Å². The lowest BCUT2D eigenvalue weighted by Gasteiger charge is -2.35. The Balaban J connectivity index is 2.14. The average Bonchev–Trinajstić information content (AvgIpc) is 2.42. The number of benzene rings is 1. The molecule has 7 heteroatoms. The van der Waals surface area contributed by atoms with Crippen LogP contribution in [0.5, 0.6) is 0 Å². The maximum atomic E-state index is 12.3. The lowest BCUT2D eigenvalue weighted by atomic mass is 10.0. The van der Waals surface area contributed by atoms with E-state index in [4.69, 9.17) is 41.2 Å². The van der Waals surface area contributed by atoms with Crippen LogP contribution in [0.25, 0.3) is 0 Å². The molecule has 1 saturated heterocycles. The van der Waals surface area contributed by atoms with E-state index < -0.39 is 0 Å². The third-order valence-electron chi connectivity index (χ3n) is 3.26. The summed E-state index contributed by atoms with van der Waals surface area (Å²) in [6.45, 7) is 0.631. The monoisotopic (exact) mass is 331 g/mol. The summed E-state index contributed by atoms with van der Waals surface area (Å²) < 4.78 is 0. The van der Waals surface area contributed by atoms with Gasteiger partial charge in [0.2, 0.25) is 0 Å². The average molecular weight is 332 g/mol. The second kappa shape index (κ2) is 6.61. The van der Waals surface area contributed by atoms with Gasteiger partial charge in [0.1, 0.15) is 0 Å². The highest BCUT2D eigenvalue weighted by molar-refractivity contribution is 7.80. The number of likely N-dealkylation sites (tertiary alicyclic amines) is 1. The smallest absolute Gasteiger partial charge is 0.322 e. The molecule has 108 valence electrons. The molecule has 1 aliphatic rings. The number of amides is 2. The topological polar surface area (TPSA) is 58.4 Å². The third kappa shape index (κ3) is 3.53. The van der Waals surface area contributed by atoms with Gasteiger partial charge in [-0.1, -0.05) is 35.4 Å². The zero-order valence-corrected chi connectivity index (χ0v) is 13.1. The summed E-state index contributed by atoms with van der Waals surface area (Å²) in [5, 5.41) is 3.71. The molecule has 0 radical (unpaired) electrons. The predicted octanol–water partition coefficient (Wildman–Crippen LogP) is 3.67. The third-order valence-corrected chi connectivity index (χ3v) is 4.10. The standard InChI is InChI=1S/C13H15Cl2N3OS/c14-8-4-5-9(15)10(7-8)17-13(19)18-6-2-1-3-11(18)12(16)20/h4-5,7,11H,1-3,6H2,(H2,16,20)(H,17,19). The van der Waals surface area contributed by atoms with E-state index in [1.807, 2.05) is 0 Å². The Morgan fingerprint density at radius 2 is 2.15 bits per heavy atom. The van der Waals surface area contributed by atoms with Crippen LogP contribution in [0.2, 0.25) is 10.0 Å². The first-order valence-corrected chi connectivity index (χ1v) is 7.47. The Bertz CT molecular complexity index is 538. The van der Waals surface area contributed by atoms with Gasteiger partial charge >= 0.3 is 6.03 Å². The summed E-state index contributed by atoms with van der Waals surface area (Å²) in [5.41, 5.74) is 6.19. The van der Waals surface area contributed by atoms with Gasteiger partial charge in [-0.15, -0.1) is 0 Å². The van der Waals surface area contributed by atoms with E-state index in [1.54, 1.807) is 23.1 Å². The number of nitrogens with zero attached hydrogens (tertiary/aromatic N) is 1. The molecule has 1 heterocycles. The van der Waals surface area contributed by atoms with Gasteiger partial charge in [0.05, 0.1) is 21.7 Å². The fourth-order valence-corrected chi connectivity index (χ4v) is 2.83. The Morgan fingerprint density at radius 1 is 1.40 bits per heavy atom. The number of rotatable bonds is 2. The molecule has 0 bridgehead atoms. The minimum Gasteiger partial charge on any atom is -0.392 e. The van der Waals surface area contributed by atoms with Crippen LogP contribution in [0.1, 0.15) is 19.3 Å². The van der Waals surface area contributed by atoms with Crippen molar-refractivity contribution in [1.29, 1.82) is 0 Å². The minimum absolute atomic E-state index is 0.197. The SMILES string of the molecule is NC(=S)C1CCCCN1C(=O)Nc1cc(Cl)ccc1Cl. The first-order chi connectivity index (χ1) is 9.49. The normalized spacial score (nSPS) is 18.7. The van der Waals surface area contributed by atoms with Crippen molar-refractivity contribution in [3.8, 4) is 0 Å². The van der Waals surface area contributed by atoms with Gasteiger partial charge in [-0.2, -0.15) is 0 Å². The maximum Gasteiger partial charge on any atom is 0.322 e. The number of hydrogen-bond acceptors (Lipinski definition) is 2. The number of halogens is 2. The highest BCUT2D eigenvalue weighted by Gasteiger charge is 2.28. The molecule has 1 aromatic rings. The summed E-state index contributed by atoms with van der Waals surface area (Å²) in [6.07, 6.45) is 2.76. The van der Waals surface area contributed by atoms with Gasteiger partial charge < -0.3 is 16.0 Å². The number of piperidine rings is 1. The highest BCUT2D eigenvalue weighted by Crippen LogP contribution is 2.26. The van der Waals surface area contributed by atoms with Gasteiger partial charge in [-0.05, 0) is 37.5 Å². The van der Waals surface area contributed by atoms with Crippen LogP contribution >= 0.6 is 35.4 Å². The number of carbonyl (C=O) groups is 1. The number of nitrogens with two attached hydrogens (primary N) is 1. The van der Waals surface area contributed by atoms with Crippen molar-refractivity contribution in [3.63, 3.8) is 0 Å². The zero-order chi connectivity index (χ0) is 14.7. The first-order valence-electron chi connectivity index (χ1n) is 6.31. The Kier molecular flexibility index (Phi) is 5.07. The van der Waals surface area contributed by atoms with Gasteiger partial charge in [0.15, 0.2) is 0 Å². The summed E-state index contributed by atoms with van der Waals surface area (Å²) >= 11 is 17.0. The van der Waals surface area contributed by atoms with Crippen molar-refractivity contribution in [2.75, 3.05) is 11.9 Å². The number of urea groups is 1. The van der Waals surface area contributed by atoms with Crippen LogP contribution in [0.4, 0.5) is 10.5 Å². The summed E-state index contributed by atoms with van der Waals surface area (Å²) in [5.74, 6) is 0. The van der Waals surface area contributed by atoms with E-state index in [1.165, 1.54) is 0 Å². The molecule has 1 unspecified atom stereocenters. The highest BCUT2D eigenvalue weighted by atomic mass is 35.5. The zero-order valence-electron chi connectivity index (χ0n) is 10.7. The predicted molar refractivity (Wildman–Crippen MR) is 86.6 cm³/mol. The summed E-state index contributed by atoms with van der Waals surface area (Å²) in [7, 11) is 0. The molecule has 0 saturated carbocycles. The Morgan fingerprint density at radius 3 is 2.85 bits per heavy atom. The minimum atomic E-state index is -0.258. The maximum absolute atomic E-state index is 12.3. The van der Waals surface area contributed by atoms with E-state index in [0.29, 0.717) is 27.3 Å². The molecule has 0 aromatic heterocycles. The van der Waals surface area contributed by atoms with Crippen molar-refractivity contribution in [3.05, 3.63) is 28.2 Å². The van der Waals surface area contributed by atoms with Crippen molar-refractivity contribution in [2.45, 2.75) is 25.3 Å². The molecule has 1 aliphatic heterocycles. The Labute approximate surface area is 133 Å². The molecule has 4 nitrogen and oxygen atoms in total. The fraction of sp³-hybridized carbons (Fsp3) is 0.385.